The molecule has 1 fully saturated rings. The van der Waals surface area contributed by atoms with E-state index in [4.69, 9.17) is 17.5 Å². The van der Waals surface area contributed by atoms with E-state index >= 15 is 0 Å². The second kappa shape index (κ2) is 16.0. The van der Waals surface area contributed by atoms with E-state index in [0.29, 0.717) is 13.0 Å². The number of carbonyl (C=O) groups excluding carboxylic acids is 1. The van der Waals surface area contributed by atoms with Crippen LogP contribution in [0, 0.1) is 6.92 Å². The number of pyridine rings is 1. The molecule has 0 aliphatic carbocycles. The van der Waals surface area contributed by atoms with Crippen LogP contribution < -0.4 is 10.6 Å². The number of para-hydroxylation sites is 1. The molecule has 1 aliphatic rings. The molecule has 2 heterocycles. The molecule has 218 valence electrons. The van der Waals surface area contributed by atoms with Crippen molar-refractivity contribution in [2.45, 2.75) is 31.8 Å². The van der Waals surface area contributed by atoms with Gasteiger partial charge in [0.1, 0.15) is 0 Å². The first-order chi connectivity index (χ1) is 17.0. The number of aromatic nitrogens is 1. The summed E-state index contributed by atoms with van der Waals surface area (Å²) in [5, 5.41) is 17.7. The number of nitrogens with one attached hydrogen (secondary N) is 2. The van der Waals surface area contributed by atoms with Crippen LogP contribution in [0.4, 0.5) is 10.5 Å². The fourth-order valence-electron chi connectivity index (χ4n) is 4.25. The predicted octanol–water partition coefficient (Wildman–Crippen LogP) is 0.607. The summed E-state index contributed by atoms with van der Waals surface area (Å²) in [6, 6.07) is 19.6. The molecule has 0 saturated carbocycles. The van der Waals surface area contributed by atoms with Crippen LogP contribution in [-0.2, 0) is 16.8 Å². The molecule has 1 saturated heterocycles. The van der Waals surface area contributed by atoms with Crippen LogP contribution in [0.5, 0.6) is 0 Å². The zero-order valence-electron chi connectivity index (χ0n) is 21.6. The van der Waals surface area contributed by atoms with E-state index in [1.165, 1.54) is 5.56 Å². The summed E-state index contributed by atoms with van der Waals surface area (Å²) in [6.07, 6.45) is 2.19. The fourth-order valence-corrected chi connectivity index (χ4v) is 4.25. The van der Waals surface area contributed by atoms with Gasteiger partial charge in [0.25, 0.3) is 0 Å². The summed E-state index contributed by atoms with van der Waals surface area (Å²) < 4.78 is 31.6. The van der Waals surface area contributed by atoms with Crippen molar-refractivity contribution in [2.75, 3.05) is 31.5 Å². The van der Waals surface area contributed by atoms with Crippen molar-refractivity contribution in [2.24, 2.45) is 0 Å². The molecule has 0 spiro atoms. The number of anilines is 1. The van der Waals surface area contributed by atoms with Gasteiger partial charge < -0.3 is 37.1 Å². The number of nitrogens with zero attached hydrogens (tertiary/aromatic N) is 2. The molecule has 0 atom stereocenters. The molecule has 4 rings (SSSR count). The van der Waals surface area contributed by atoms with Gasteiger partial charge in [-0.3, -0.25) is 14.1 Å². The Balaban J connectivity index is 0.00000166. The van der Waals surface area contributed by atoms with Crippen molar-refractivity contribution in [3.05, 3.63) is 71.9 Å². The van der Waals surface area contributed by atoms with Gasteiger partial charge in [0, 0.05) is 43.7 Å². The number of hydrogen-bond donors (Lipinski definition) is 5. The fraction of sp³-hybridized carbons (Fsp3) is 0.360. The summed E-state index contributed by atoms with van der Waals surface area (Å²) in [5.74, 6) is 0. The van der Waals surface area contributed by atoms with Crippen LogP contribution in [-0.4, -0.2) is 86.8 Å². The van der Waals surface area contributed by atoms with Crippen LogP contribution in [0.25, 0.3) is 10.9 Å². The van der Waals surface area contributed by atoms with Crippen LogP contribution >= 0.6 is 0 Å². The summed E-state index contributed by atoms with van der Waals surface area (Å²) >= 11 is 0. The largest absolute Gasteiger partial charge is 0.412 e. The van der Waals surface area contributed by atoms with Gasteiger partial charge in [0.05, 0.1) is 16.8 Å². The Morgan fingerprint density at radius 2 is 1.56 bits per heavy atom. The van der Waals surface area contributed by atoms with E-state index in [1.54, 1.807) is 0 Å². The van der Waals surface area contributed by atoms with Crippen LogP contribution in [0.3, 0.4) is 0 Å². The highest BCUT2D eigenvalue weighted by Gasteiger charge is 2.32. The van der Waals surface area contributed by atoms with Gasteiger partial charge in [0.2, 0.25) is 0 Å². The van der Waals surface area contributed by atoms with Crippen molar-refractivity contribution in [3.8, 4) is 0 Å². The van der Waals surface area contributed by atoms with Crippen LogP contribution in [0.1, 0.15) is 24.1 Å². The zero-order valence-corrected chi connectivity index (χ0v) is 22.4. The number of fused-ring (bicyclic) bond motifs is 1. The quantitative estimate of drug-likeness (QED) is 0.262. The lowest BCUT2D eigenvalue weighted by atomic mass is 9.85. The topological polar surface area (TPSA) is 247 Å². The summed E-state index contributed by atoms with van der Waals surface area (Å²) in [6.45, 7) is 4.92. The number of likely N-dealkylation sites (tertiary alicyclic amines) is 1. The maximum absolute atomic E-state index is 12.4. The molecule has 14 heteroatoms. The van der Waals surface area contributed by atoms with Gasteiger partial charge in [-0.05, 0) is 37.5 Å². The molecule has 0 unspecified atom stereocenters. The Hall–Kier alpha value is -3.21. The molecule has 11 N–H and O–H groups in total. The molecule has 1 aliphatic heterocycles. The Morgan fingerprint density at radius 1 is 1.00 bits per heavy atom. The van der Waals surface area contributed by atoms with Crippen molar-refractivity contribution >= 4 is 33.0 Å². The van der Waals surface area contributed by atoms with Crippen LogP contribution in [0.2, 0.25) is 0 Å². The minimum absolute atomic E-state index is 0. The number of amides is 2. The molecular weight excluding hydrogens is 532 g/mol. The van der Waals surface area contributed by atoms with Gasteiger partial charge in [-0.1, -0.05) is 48.5 Å². The van der Waals surface area contributed by atoms with E-state index < -0.39 is 16.0 Å². The zero-order chi connectivity index (χ0) is 26.2. The molecule has 13 nitrogen and oxygen atoms in total. The number of piperidine rings is 1. The van der Waals surface area contributed by atoms with Gasteiger partial charge in [-0.2, -0.15) is 8.42 Å². The monoisotopic (exact) mass is 570 g/mol. The van der Waals surface area contributed by atoms with E-state index in [1.807, 2.05) is 55.5 Å². The number of aryl methyl sites for hydroxylation is 1. The number of aliphatic hydroxyl groups is 1. The first-order valence-electron chi connectivity index (χ1n) is 11.6. The van der Waals surface area contributed by atoms with Crippen molar-refractivity contribution < 1.29 is 43.9 Å². The number of hydrogen-bond acceptors (Lipinski definition) is 6. The molecule has 0 bridgehead atoms. The summed E-state index contributed by atoms with van der Waals surface area (Å²) in [7, 11) is -4.67. The SMILES string of the molecule is Cc1cc(NC(=O)NCCN2CCC(O)(Cc3ccccc3)CC2)c2ccccc2n1.O.O.O.O=S(=O)(O)O. The van der Waals surface area contributed by atoms with Crippen molar-refractivity contribution in [3.63, 3.8) is 0 Å². The maximum Gasteiger partial charge on any atom is 0.394 e. The molecule has 2 amide bonds. The summed E-state index contributed by atoms with van der Waals surface area (Å²) in [4.78, 5) is 19.2. The second-order valence-electron chi connectivity index (χ2n) is 8.89. The highest BCUT2D eigenvalue weighted by molar-refractivity contribution is 7.79. The minimum Gasteiger partial charge on any atom is -0.412 e. The Bertz CT molecular complexity index is 1260. The van der Waals surface area contributed by atoms with Crippen molar-refractivity contribution in [1.82, 2.24) is 15.2 Å². The lowest BCUT2D eigenvalue weighted by Gasteiger charge is -2.38. The van der Waals surface area contributed by atoms with Crippen LogP contribution in [0.15, 0.2) is 60.7 Å². The number of carbonyl (C=O) groups is 1. The molecule has 39 heavy (non-hydrogen) atoms. The highest BCUT2D eigenvalue weighted by atomic mass is 32.3. The molecular formula is C25H38N4O9S. The Kier molecular flexibility index (Phi) is 14.7. The first-order valence-corrected chi connectivity index (χ1v) is 13.0. The van der Waals surface area contributed by atoms with Gasteiger partial charge in [-0.15, -0.1) is 0 Å². The molecule has 3 aromatic rings. The average Bonchev–Trinajstić information content (AvgIpc) is 2.80. The van der Waals surface area contributed by atoms with E-state index in [-0.39, 0.29) is 22.5 Å². The van der Waals surface area contributed by atoms with E-state index in [2.05, 4.69) is 32.7 Å². The molecule has 2 aromatic carbocycles. The van der Waals surface area contributed by atoms with E-state index in [9.17, 15) is 9.90 Å². The van der Waals surface area contributed by atoms with Gasteiger partial charge in [0.15, 0.2) is 0 Å². The lowest BCUT2D eigenvalue weighted by molar-refractivity contribution is -0.0201. The predicted molar refractivity (Wildman–Crippen MR) is 149 cm³/mol. The first kappa shape index (κ1) is 35.8. The standard InChI is InChI=1S/C25H30N4O2.H2O4S.3H2O/c1-19-17-23(21-9-5-6-10-22(21)27-19)28-24(30)26-13-16-29-14-11-25(31,12-15-29)18-20-7-3-2-4-8-20;1-5(2,3)4;;;/h2-10,17,31H,11-16,18H2,1H3,(H2,26,27,28,30);(H2,1,2,3,4);3*1H2. The number of benzene rings is 2. The molecule has 0 radical (unpaired) electrons. The highest BCUT2D eigenvalue weighted by Crippen LogP contribution is 2.26. The smallest absolute Gasteiger partial charge is 0.394 e. The summed E-state index contributed by atoms with van der Waals surface area (Å²) in [5.41, 5.74) is 3.04. The van der Waals surface area contributed by atoms with Gasteiger partial charge in [-0.25, -0.2) is 4.79 Å². The second-order valence-corrected chi connectivity index (χ2v) is 9.78. The maximum atomic E-state index is 12.4. The Labute approximate surface area is 227 Å². The molecule has 1 aromatic heterocycles. The number of urea groups is 1. The third kappa shape index (κ3) is 12.5. The minimum atomic E-state index is -4.67. The average molecular weight is 571 g/mol. The lowest BCUT2D eigenvalue weighted by Crippen LogP contribution is -2.47. The Morgan fingerprint density at radius 3 is 2.18 bits per heavy atom. The van der Waals surface area contributed by atoms with Gasteiger partial charge >= 0.3 is 16.4 Å². The number of rotatable bonds is 6. The normalized spacial score (nSPS) is 14.4. The van der Waals surface area contributed by atoms with E-state index in [0.717, 1.165) is 54.8 Å². The van der Waals surface area contributed by atoms with Crippen molar-refractivity contribution in [1.29, 1.82) is 0 Å². The third-order valence-electron chi connectivity index (χ3n) is 5.97. The third-order valence-corrected chi connectivity index (χ3v) is 5.97.